The third-order valence-corrected chi connectivity index (χ3v) is 0.902. The summed E-state index contributed by atoms with van der Waals surface area (Å²) in [6.07, 6.45) is 2.45. The minimum absolute atomic E-state index is 0. The summed E-state index contributed by atoms with van der Waals surface area (Å²) in [6, 6.07) is 1.44. The number of nitrogens with zero attached hydrogens (tertiary/aromatic N) is 2. The van der Waals surface area contributed by atoms with Gasteiger partial charge >= 0.3 is 0 Å². The quantitative estimate of drug-likeness (QED) is 0.360. The monoisotopic (exact) mass is 198 g/mol. The topological polar surface area (TPSA) is 25.8 Å². The molecule has 0 aromatic carbocycles. The van der Waals surface area contributed by atoms with E-state index in [4.69, 9.17) is 23.2 Å². The average molecular weight is 199 g/mol. The van der Waals surface area contributed by atoms with E-state index < -0.39 is 0 Å². The van der Waals surface area contributed by atoms with Gasteiger partial charge in [0.1, 0.15) is 5.28 Å². The zero-order valence-corrected chi connectivity index (χ0v) is 7.08. The van der Waals surface area contributed by atoms with Gasteiger partial charge in [0.15, 0.2) is 0 Å². The van der Waals surface area contributed by atoms with Gasteiger partial charge in [0, 0.05) is 23.7 Å². The van der Waals surface area contributed by atoms with Crippen molar-refractivity contribution in [3.05, 3.63) is 22.7 Å². The summed E-state index contributed by atoms with van der Waals surface area (Å²) in [5.74, 6) is 0. The second-order valence-electron chi connectivity index (χ2n) is 1.09. The van der Waals surface area contributed by atoms with Gasteiger partial charge in [0.25, 0.3) is 0 Å². The molecule has 0 atom stereocenters. The average Bonchev–Trinajstić information content (AvgIpc) is 1.64. The van der Waals surface area contributed by atoms with Crippen molar-refractivity contribution >= 4 is 23.2 Å². The van der Waals surface area contributed by atoms with Gasteiger partial charge in [0.05, 0.1) is 0 Å². The van der Waals surface area contributed by atoms with Crippen molar-refractivity contribution in [3.63, 3.8) is 0 Å². The van der Waals surface area contributed by atoms with Crippen LogP contribution in [0.2, 0.25) is 10.4 Å². The molecule has 2 nitrogen and oxygen atoms in total. The van der Waals surface area contributed by atoms with Crippen LogP contribution >= 0.6 is 23.2 Å². The fourth-order valence-corrected chi connectivity index (χ4v) is 0.596. The second-order valence-corrected chi connectivity index (χ2v) is 1.81. The number of rotatable bonds is 0. The van der Waals surface area contributed by atoms with Gasteiger partial charge in [-0.3, -0.25) is 0 Å². The van der Waals surface area contributed by atoms with E-state index in [-0.39, 0.29) is 23.8 Å². The van der Waals surface area contributed by atoms with Crippen LogP contribution in [0.3, 0.4) is 0 Å². The summed E-state index contributed by atoms with van der Waals surface area (Å²) in [6.45, 7) is 0. The Balaban J connectivity index is 0.000000640. The molecule has 0 N–H and O–H groups in total. The van der Waals surface area contributed by atoms with Crippen molar-refractivity contribution in [3.8, 4) is 0 Å². The first-order valence-electron chi connectivity index (χ1n) is 1.85. The molecule has 1 radical (unpaired) electrons. The summed E-state index contributed by atoms with van der Waals surface area (Å²) in [5.41, 5.74) is 0. The van der Waals surface area contributed by atoms with E-state index in [1.165, 1.54) is 6.07 Å². The summed E-state index contributed by atoms with van der Waals surface area (Å²) in [4.78, 5) is 7.05. The Labute approximate surface area is 74.5 Å². The minimum atomic E-state index is 0. The third kappa shape index (κ3) is 3.06. The Morgan fingerprint density at radius 1 is 1.44 bits per heavy atom. The molecule has 0 saturated heterocycles. The van der Waals surface area contributed by atoms with Crippen molar-refractivity contribution < 1.29 is 18.6 Å². The van der Waals surface area contributed by atoms with Crippen LogP contribution in [-0.4, -0.2) is 9.97 Å². The minimum Gasteiger partial charge on any atom is -0.359 e. The van der Waals surface area contributed by atoms with Crippen molar-refractivity contribution in [2.45, 2.75) is 0 Å². The maximum Gasteiger partial charge on any atom is 0.106 e. The molecule has 5 heteroatoms. The first kappa shape index (κ1) is 9.24. The molecule has 0 aliphatic heterocycles. The fourth-order valence-electron chi connectivity index (χ4n) is 0.284. The molecular weight excluding hydrogens is 198 g/mol. The maximum absolute atomic E-state index is 5.38. The molecule has 0 fully saturated rings. The number of halogens is 2. The largest absolute Gasteiger partial charge is 0.359 e. The van der Waals surface area contributed by atoms with Crippen molar-refractivity contribution in [1.82, 2.24) is 9.97 Å². The van der Waals surface area contributed by atoms with Crippen LogP contribution in [-0.2, 0) is 18.6 Å². The molecule has 0 unspecified atom stereocenters. The number of hydrogen-bond acceptors (Lipinski definition) is 2. The molecule has 1 heterocycles. The predicted molar refractivity (Wildman–Crippen MR) is 30.9 cm³/mol. The predicted octanol–water partition coefficient (Wildman–Crippen LogP) is 1.58. The van der Waals surface area contributed by atoms with Crippen LogP contribution in [0, 0.1) is 6.20 Å². The molecule has 0 aliphatic rings. The molecule has 1 rings (SSSR count). The summed E-state index contributed by atoms with van der Waals surface area (Å²) in [7, 11) is 0. The van der Waals surface area contributed by atoms with E-state index in [9.17, 15) is 0 Å². The molecule has 0 amide bonds. The third-order valence-electron chi connectivity index (χ3n) is 0.540. The Bertz CT molecular complexity index is 176. The molecule has 0 saturated carbocycles. The molecule has 47 valence electrons. The molecule has 1 aromatic rings. The van der Waals surface area contributed by atoms with Crippen LogP contribution in [0.1, 0.15) is 0 Å². The van der Waals surface area contributed by atoms with Gasteiger partial charge in [-0.05, 0) is 0 Å². The van der Waals surface area contributed by atoms with Crippen molar-refractivity contribution in [2.24, 2.45) is 0 Å². The van der Waals surface area contributed by atoms with Crippen LogP contribution in [0.5, 0.6) is 0 Å². The van der Waals surface area contributed by atoms with Gasteiger partial charge in [-0.1, -0.05) is 6.20 Å². The van der Waals surface area contributed by atoms with E-state index in [2.05, 4.69) is 16.2 Å². The van der Waals surface area contributed by atoms with Gasteiger partial charge in [0.2, 0.25) is 0 Å². The molecule has 0 aliphatic carbocycles. The van der Waals surface area contributed by atoms with Gasteiger partial charge in [-0.25, -0.2) is 0 Å². The first-order valence-corrected chi connectivity index (χ1v) is 2.61. The Morgan fingerprint density at radius 2 is 2.11 bits per heavy atom. The number of aromatic nitrogens is 2. The summed E-state index contributed by atoms with van der Waals surface area (Å²) >= 11 is 10.7. The van der Waals surface area contributed by atoms with E-state index >= 15 is 0 Å². The second kappa shape index (κ2) is 4.12. The van der Waals surface area contributed by atoms with Crippen LogP contribution in [0.15, 0.2) is 6.07 Å². The molecule has 0 bridgehead atoms. The van der Waals surface area contributed by atoms with Gasteiger partial charge < -0.3 is 9.97 Å². The van der Waals surface area contributed by atoms with Gasteiger partial charge in [-0.2, -0.15) is 0 Å². The standard InChI is InChI=1S/C4HCl2N2.V/c5-3-1-2-7-4(6)8-3;/h1H;/q-1;. The van der Waals surface area contributed by atoms with E-state index in [0.29, 0.717) is 5.15 Å². The summed E-state index contributed by atoms with van der Waals surface area (Å²) in [5, 5.41) is 0.433. The van der Waals surface area contributed by atoms with Crippen molar-refractivity contribution in [1.29, 1.82) is 0 Å². The zero-order valence-electron chi connectivity index (χ0n) is 4.17. The Morgan fingerprint density at radius 3 is 2.44 bits per heavy atom. The molecular formula is C4HCl2N2V-. The first-order chi connectivity index (χ1) is 3.79. The van der Waals surface area contributed by atoms with E-state index in [1.807, 2.05) is 0 Å². The van der Waals surface area contributed by atoms with E-state index in [0.717, 1.165) is 0 Å². The summed E-state index contributed by atoms with van der Waals surface area (Å²) < 4.78 is 0. The molecule has 9 heavy (non-hydrogen) atoms. The molecule has 0 spiro atoms. The van der Waals surface area contributed by atoms with Crippen LogP contribution in [0.25, 0.3) is 0 Å². The fraction of sp³-hybridized carbons (Fsp3) is 0. The zero-order chi connectivity index (χ0) is 5.98. The van der Waals surface area contributed by atoms with Gasteiger partial charge in [-0.15, -0.1) is 29.3 Å². The smallest absolute Gasteiger partial charge is 0.106 e. The SMILES string of the molecule is Clc1c[c-]nc(Cl)n1.[V]. The van der Waals surface area contributed by atoms with E-state index in [1.54, 1.807) is 0 Å². The number of hydrogen-bond donors (Lipinski definition) is 0. The normalized spacial score (nSPS) is 8.22. The Hall–Kier alpha value is 0.244. The molecule has 1 aromatic heterocycles. The van der Waals surface area contributed by atoms with Crippen LogP contribution in [0.4, 0.5) is 0 Å². The van der Waals surface area contributed by atoms with Crippen molar-refractivity contribution in [2.75, 3.05) is 0 Å². The maximum atomic E-state index is 5.38. The Kier molecular flexibility index (Phi) is 4.23. The van der Waals surface area contributed by atoms with Crippen LogP contribution < -0.4 is 0 Å².